The monoisotopic (exact) mass is 376 g/mol. The Bertz CT molecular complexity index is 990. The van der Waals surface area contributed by atoms with Crippen molar-refractivity contribution in [2.45, 2.75) is 13.2 Å². The van der Waals surface area contributed by atoms with Gasteiger partial charge in [0.1, 0.15) is 6.61 Å². The first-order valence-corrected chi connectivity index (χ1v) is 8.61. The molecule has 1 heterocycles. The maximum atomic E-state index is 11.9. The lowest BCUT2D eigenvalue weighted by Crippen LogP contribution is -2.23. The van der Waals surface area contributed by atoms with Crippen LogP contribution in [0.1, 0.15) is 21.5 Å². The molecular weight excluding hydrogens is 356 g/mol. The predicted molar refractivity (Wildman–Crippen MR) is 106 cm³/mol. The van der Waals surface area contributed by atoms with Gasteiger partial charge in [-0.2, -0.15) is 0 Å². The van der Waals surface area contributed by atoms with Gasteiger partial charge in [-0.15, -0.1) is 0 Å². The topological polar surface area (TPSA) is 120 Å². The van der Waals surface area contributed by atoms with Crippen molar-refractivity contribution in [3.05, 3.63) is 83.7 Å². The van der Waals surface area contributed by atoms with Crippen molar-refractivity contribution in [3.63, 3.8) is 0 Å². The number of alkyl carbamates (subject to hydrolysis) is 1. The summed E-state index contributed by atoms with van der Waals surface area (Å²) in [5, 5.41) is 2.68. The van der Waals surface area contributed by atoms with Gasteiger partial charge in [0.25, 0.3) is 0 Å². The van der Waals surface area contributed by atoms with Gasteiger partial charge >= 0.3 is 6.09 Å². The number of nitrogen functional groups attached to an aromatic ring is 1. The number of primary amides is 1. The molecule has 2 aromatic carbocycles. The van der Waals surface area contributed by atoms with Gasteiger partial charge in [-0.05, 0) is 35.4 Å². The summed E-state index contributed by atoms with van der Waals surface area (Å²) in [5.41, 5.74) is 15.3. The van der Waals surface area contributed by atoms with Crippen LogP contribution in [0, 0.1) is 0 Å². The number of nitrogens with zero attached hydrogens (tertiary/aromatic N) is 1. The summed E-state index contributed by atoms with van der Waals surface area (Å²) in [6.45, 7) is 0.358. The number of carbonyl (C=O) groups is 2. The molecule has 0 atom stereocenters. The van der Waals surface area contributed by atoms with Crippen LogP contribution < -0.4 is 16.8 Å². The second-order valence-corrected chi connectivity index (χ2v) is 6.12. The minimum Gasteiger partial charge on any atom is -0.445 e. The molecule has 1 aromatic heterocycles. The summed E-state index contributed by atoms with van der Waals surface area (Å²) in [7, 11) is 0. The van der Waals surface area contributed by atoms with Crippen molar-refractivity contribution in [2.24, 2.45) is 5.73 Å². The number of amides is 2. The van der Waals surface area contributed by atoms with Crippen LogP contribution >= 0.6 is 0 Å². The average Bonchev–Trinajstić information content (AvgIpc) is 2.71. The van der Waals surface area contributed by atoms with E-state index in [1.807, 2.05) is 24.3 Å². The zero-order chi connectivity index (χ0) is 19.9. The molecule has 28 heavy (non-hydrogen) atoms. The van der Waals surface area contributed by atoms with Crippen molar-refractivity contribution in [3.8, 4) is 11.1 Å². The maximum Gasteiger partial charge on any atom is 0.407 e. The second-order valence-electron chi connectivity index (χ2n) is 6.12. The van der Waals surface area contributed by atoms with Crippen molar-refractivity contribution in [1.82, 2.24) is 10.3 Å². The molecular formula is C21H20N4O3. The van der Waals surface area contributed by atoms with Crippen molar-refractivity contribution in [2.75, 3.05) is 5.73 Å². The standard InChI is InChI=1S/C21H20N4O3/c22-19-6-2-1-5-16(19)18-10-14(7-8-17(18)20(23)26)12-25-21(27)28-13-15-4-3-9-24-11-15/h1-11H,12-13,22H2,(H2,23,26)(H,25,27). The molecule has 0 spiro atoms. The average molecular weight is 376 g/mol. The van der Waals surface area contributed by atoms with E-state index in [1.165, 1.54) is 0 Å². The van der Waals surface area contributed by atoms with E-state index in [2.05, 4.69) is 10.3 Å². The SMILES string of the molecule is NC(=O)c1ccc(CNC(=O)OCc2cccnc2)cc1-c1ccccc1N. The van der Waals surface area contributed by atoms with E-state index < -0.39 is 12.0 Å². The lowest BCUT2D eigenvalue weighted by molar-refractivity contribution is 0.100. The summed E-state index contributed by atoms with van der Waals surface area (Å²) in [6.07, 6.45) is 2.73. The highest BCUT2D eigenvalue weighted by Crippen LogP contribution is 2.29. The molecule has 0 saturated carbocycles. The lowest BCUT2D eigenvalue weighted by Gasteiger charge is -2.13. The number of aromatic nitrogens is 1. The molecule has 0 aliphatic rings. The van der Waals surface area contributed by atoms with Crippen LogP contribution in [0.2, 0.25) is 0 Å². The van der Waals surface area contributed by atoms with Gasteiger partial charge in [-0.25, -0.2) is 4.79 Å². The fourth-order valence-electron chi connectivity index (χ4n) is 2.74. The highest BCUT2D eigenvalue weighted by molar-refractivity contribution is 6.01. The predicted octanol–water partition coefficient (Wildman–Crippen LogP) is 2.86. The Kier molecular flexibility index (Phi) is 5.86. The molecule has 0 radical (unpaired) electrons. The quantitative estimate of drug-likeness (QED) is 0.571. The van der Waals surface area contributed by atoms with Gasteiger partial charge in [0.05, 0.1) is 0 Å². The fourth-order valence-corrected chi connectivity index (χ4v) is 2.74. The number of hydrogen-bond donors (Lipinski definition) is 3. The molecule has 0 aliphatic carbocycles. The Labute approximate surface area is 162 Å². The van der Waals surface area contributed by atoms with E-state index in [1.54, 1.807) is 42.7 Å². The Hall–Kier alpha value is -3.87. The third kappa shape index (κ3) is 4.64. The molecule has 3 rings (SSSR count). The Morgan fingerprint density at radius 2 is 1.82 bits per heavy atom. The first-order valence-electron chi connectivity index (χ1n) is 8.61. The first kappa shape index (κ1) is 18.9. The van der Waals surface area contributed by atoms with Gasteiger partial charge in [-0.1, -0.05) is 30.3 Å². The maximum absolute atomic E-state index is 11.9. The normalized spacial score (nSPS) is 10.3. The number of nitrogens with one attached hydrogen (secondary N) is 1. The molecule has 7 nitrogen and oxygen atoms in total. The van der Waals surface area contributed by atoms with Gasteiger partial charge in [0, 0.05) is 41.3 Å². The van der Waals surface area contributed by atoms with E-state index in [0.717, 1.165) is 11.1 Å². The third-order valence-corrected chi connectivity index (χ3v) is 4.13. The number of nitrogens with two attached hydrogens (primary N) is 2. The Balaban J connectivity index is 1.71. The number of para-hydroxylation sites is 1. The van der Waals surface area contributed by atoms with Crippen LogP contribution in [0.4, 0.5) is 10.5 Å². The van der Waals surface area contributed by atoms with E-state index >= 15 is 0 Å². The smallest absolute Gasteiger partial charge is 0.407 e. The van der Waals surface area contributed by atoms with Crippen LogP contribution in [-0.4, -0.2) is 17.0 Å². The van der Waals surface area contributed by atoms with E-state index in [4.69, 9.17) is 16.2 Å². The minimum absolute atomic E-state index is 0.131. The van der Waals surface area contributed by atoms with E-state index in [-0.39, 0.29) is 13.2 Å². The molecule has 7 heteroatoms. The van der Waals surface area contributed by atoms with E-state index in [0.29, 0.717) is 22.4 Å². The summed E-state index contributed by atoms with van der Waals surface area (Å²) in [4.78, 5) is 27.7. The molecule has 0 fully saturated rings. The van der Waals surface area contributed by atoms with Crippen LogP contribution in [0.3, 0.4) is 0 Å². The molecule has 0 unspecified atom stereocenters. The van der Waals surface area contributed by atoms with Crippen molar-refractivity contribution < 1.29 is 14.3 Å². The van der Waals surface area contributed by atoms with Crippen LogP contribution in [0.15, 0.2) is 67.0 Å². The summed E-state index contributed by atoms with van der Waals surface area (Å²) in [5.74, 6) is -0.548. The van der Waals surface area contributed by atoms with Crippen LogP contribution in [0.5, 0.6) is 0 Å². The summed E-state index contributed by atoms with van der Waals surface area (Å²) in [6, 6.07) is 15.9. The Morgan fingerprint density at radius 3 is 2.54 bits per heavy atom. The first-order chi connectivity index (χ1) is 13.5. The largest absolute Gasteiger partial charge is 0.445 e. The highest BCUT2D eigenvalue weighted by Gasteiger charge is 2.13. The van der Waals surface area contributed by atoms with Gasteiger partial charge < -0.3 is 21.5 Å². The number of hydrogen-bond acceptors (Lipinski definition) is 5. The number of benzene rings is 2. The number of pyridine rings is 1. The Morgan fingerprint density at radius 1 is 1.00 bits per heavy atom. The van der Waals surface area contributed by atoms with Crippen molar-refractivity contribution in [1.29, 1.82) is 0 Å². The number of anilines is 1. The molecule has 2 amide bonds. The number of carbonyl (C=O) groups excluding carboxylic acids is 2. The van der Waals surface area contributed by atoms with Gasteiger partial charge in [0.2, 0.25) is 5.91 Å². The third-order valence-electron chi connectivity index (χ3n) is 4.13. The number of rotatable bonds is 6. The van der Waals surface area contributed by atoms with E-state index in [9.17, 15) is 9.59 Å². The van der Waals surface area contributed by atoms with Gasteiger partial charge in [0.15, 0.2) is 0 Å². The fraction of sp³-hybridized carbons (Fsp3) is 0.0952. The van der Waals surface area contributed by atoms with Crippen LogP contribution in [0.25, 0.3) is 11.1 Å². The second kappa shape index (κ2) is 8.68. The highest BCUT2D eigenvalue weighted by atomic mass is 16.5. The lowest BCUT2D eigenvalue weighted by atomic mass is 9.95. The molecule has 142 valence electrons. The molecule has 0 aliphatic heterocycles. The zero-order valence-corrected chi connectivity index (χ0v) is 15.1. The van der Waals surface area contributed by atoms with Crippen molar-refractivity contribution >= 4 is 17.7 Å². The molecule has 5 N–H and O–H groups in total. The zero-order valence-electron chi connectivity index (χ0n) is 15.1. The minimum atomic E-state index is -0.552. The van der Waals surface area contributed by atoms with Crippen LogP contribution in [-0.2, 0) is 17.9 Å². The molecule has 3 aromatic rings. The molecule has 0 saturated heterocycles. The number of ether oxygens (including phenoxy) is 1. The summed E-state index contributed by atoms with van der Waals surface area (Å²) < 4.78 is 5.16. The molecule has 0 bridgehead atoms. The summed E-state index contributed by atoms with van der Waals surface area (Å²) >= 11 is 0. The van der Waals surface area contributed by atoms with Gasteiger partial charge in [-0.3, -0.25) is 9.78 Å².